The quantitative estimate of drug-likeness (QED) is 0.481. The average molecular weight is 377 g/mol. The molecule has 0 aliphatic rings. The van der Waals surface area contributed by atoms with E-state index in [1.807, 2.05) is 6.20 Å². The number of nitrogens with one attached hydrogen (secondary N) is 3. The Hall–Kier alpha value is -3.48. The number of H-pyrrole nitrogens is 2. The first-order valence-corrected chi connectivity index (χ1v) is 9.09. The number of rotatable bonds is 6. The van der Waals surface area contributed by atoms with Gasteiger partial charge < -0.3 is 10.3 Å². The molecule has 2 aromatic carbocycles. The maximum atomic E-state index is 13.0. The number of aromatic amines is 2. The smallest absolute Gasteiger partial charge is 0.274 e. The molecule has 0 bridgehead atoms. The highest BCUT2D eigenvalue weighted by Crippen LogP contribution is 2.20. The number of anilines is 1. The second-order valence-electron chi connectivity index (χ2n) is 6.79. The molecular weight excluding hydrogens is 357 g/mol. The predicted molar refractivity (Wildman–Crippen MR) is 107 cm³/mol. The summed E-state index contributed by atoms with van der Waals surface area (Å²) < 4.78 is 13.0. The van der Waals surface area contributed by atoms with E-state index in [1.165, 1.54) is 28.6 Å². The molecule has 7 heteroatoms. The number of halogens is 1. The molecule has 0 unspecified atom stereocenters. The van der Waals surface area contributed by atoms with Gasteiger partial charge in [-0.3, -0.25) is 9.78 Å². The summed E-state index contributed by atoms with van der Waals surface area (Å²) in [4.78, 5) is 18.2. The topological polar surface area (TPSA) is 86.5 Å². The number of hydrogen-bond acceptors (Lipinski definition) is 4. The molecule has 0 aliphatic carbocycles. The molecular formula is C21H20FN5O. The number of aryl methyl sites for hydroxylation is 1. The van der Waals surface area contributed by atoms with E-state index in [4.69, 9.17) is 0 Å². The van der Waals surface area contributed by atoms with Crippen molar-refractivity contribution in [3.63, 3.8) is 0 Å². The fourth-order valence-corrected chi connectivity index (χ4v) is 3.17. The van der Waals surface area contributed by atoms with E-state index in [9.17, 15) is 9.18 Å². The van der Waals surface area contributed by atoms with Gasteiger partial charge >= 0.3 is 0 Å². The van der Waals surface area contributed by atoms with Gasteiger partial charge in [0.2, 0.25) is 5.95 Å². The zero-order valence-electron chi connectivity index (χ0n) is 15.4. The van der Waals surface area contributed by atoms with Crippen LogP contribution in [0.1, 0.15) is 22.4 Å². The molecule has 28 heavy (non-hydrogen) atoms. The van der Waals surface area contributed by atoms with E-state index in [-0.39, 0.29) is 11.4 Å². The van der Waals surface area contributed by atoms with E-state index in [2.05, 4.69) is 50.6 Å². The highest BCUT2D eigenvalue weighted by atomic mass is 19.1. The molecule has 3 N–H and O–H groups in total. The third kappa shape index (κ3) is 3.93. The van der Waals surface area contributed by atoms with Crippen LogP contribution in [-0.2, 0) is 12.8 Å². The van der Waals surface area contributed by atoms with Crippen LogP contribution in [0, 0.1) is 12.7 Å². The number of fused-ring (bicyclic) bond motifs is 1. The number of aromatic nitrogens is 4. The summed E-state index contributed by atoms with van der Waals surface area (Å²) in [6, 6.07) is 12.3. The van der Waals surface area contributed by atoms with Crippen LogP contribution in [-0.4, -0.2) is 26.7 Å². The van der Waals surface area contributed by atoms with Gasteiger partial charge in [-0.2, -0.15) is 0 Å². The van der Waals surface area contributed by atoms with Gasteiger partial charge in [-0.15, -0.1) is 10.2 Å². The molecule has 4 rings (SSSR count). The number of hydrogen-bond donors (Lipinski definition) is 3. The van der Waals surface area contributed by atoms with Crippen LogP contribution < -0.4 is 10.9 Å². The Labute approximate surface area is 160 Å². The zero-order valence-corrected chi connectivity index (χ0v) is 15.4. The van der Waals surface area contributed by atoms with Crippen molar-refractivity contribution in [3.05, 3.63) is 87.2 Å². The van der Waals surface area contributed by atoms with Crippen molar-refractivity contribution in [2.24, 2.45) is 0 Å². The lowest BCUT2D eigenvalue weighted by Crippen LogP contribution is -2.20. The van der Waals surface area contributed by atoms with Crippen LogP contribution in [0.5, 0.6) is 0 Å². The minimum Gasteiger partial charge on any atom is -0.361 e. The van der Waals surface area contributed by atoms with Gasteiger partial charge in [0.1, 0.15) is 11.5 Å². The Morgan fingerprint density at radius 1 is 1.11 bits per heavy atom. The molecule has 2 heterocycles. The van der Waals surface area contributed by atoms with Crippen molar-refractivity contribution >= 4 is 16.9 Å². The van der Waals surface area contributed by atoms with E-state index in [1.54, 1.807) is 12.1 Å². The lowest BCUT2D eigenvalue weighted by Gasteiger charge is -2.06. The fraction of sp³-hybridized carbons (Fsp3) is 0.190. The van der Waals surface area contributed by atoms with Gasteiger partial charge in [-0.1, -0.05) is 23.8 Å². The van der Waals surface area contributed by atoms with Crippen molar-refractivity contribution < 1.29 is 4.39 Å². The van der Waals surface area contributed by atoms with Gasteiger partial charge in [0.05, 0.1) is 0 Å². The third-order valence-corrected chi connectivity index (χ3v) is 4.66. The van der Waals surface area contributed by atoms with Crippen molar-refractivity contribution in [1.29, 1.82) is 0 Å². The number of benzene rings is 2. The van der Waals surface area contributed by atoms with Crippen molar-refractivity contribution in [1.82, 2.24) is 20.2 Å². The summed E-state index contributed by atoms with van der Waals surface area (Å²) in [6.07, 6.45) is 3.09. The van der Waals surface area contributed by atoms with Gasteiger partial charge in [0.15, 0.2) is 0 Å². The first-order valence-electron chi connectivity index (χ1n) is 9.09. The molecule has 0 aliphatic heterocycles. The summed E-state index contributed by atoms with van der Waals surface area (Å²) in [5.74, 6) is 0.0255. The molecule has 0 radical (unpaired) electrons. The number of nitrogens with zero attached hydrogens (tertiary/aromatic N) is 2. The first kappa shape index (κ1) is 17.9. The largest absolute Gasteiger partial charge is 0.361 e. The Kier molecular flexibility index (Phi) is 4.89. The van der Waals surface area contributed by atoms with E-state index < -0.39 is 0 Å². The van der Waals surface area contributed by atoms with Crippen LogP contribution in [0.4, 0.5) is 10.3 Å². The molecule has 0 saturated carbocycles. The highest BCUT2D eigenvalue weighted by Gasteiger charge is 2.07. The Bertz CT molecular complexity index is 1160. The van der Waals surface area contributed by atoms with E-state index in [0.717, 1.165) is 17.5 Å². The van der Waals surface area contributed by atoms with Crippen LogP contribution in [0.2, 0.25) is 0 Å². The fourth-order valence-electron chi connectivity index (χ4n) is 3.17. The summed E-state index contributed by atoms with van der Waals surface area (Å²) in [7, 11) is 0. The van der Waals surface area contributed by atoms with Gasteiger partial charge in [-0.05, 0) is 48.7 Å². The molecule has 0 atom stereocenters. The summed E-state index contributed by atoms with van der Waals surface area (Å²) in [5, 5.41) is 12.4. The maximum absolute atomic E-state index is 13.0. The summed E-state index contributed by atoms with van der Waals surface area (Å²) in [5.41, 5.74) is 4.33. The van der Waals surface area contributed by atoms with Gasteiger partial charge in [0.25, 0.3) is 5.56 Å². The first-order chi connectivity index (χ1) is 13.6. The normalized spacial score (nSPS) is 11.1. The van der Waals surface area contributed by atoms with Crippen molar-refractivity contribution in [2.45, 2.75) is 19.8 Å². The highest BCUT2D eigenvalue weighted by molar-refractivity contribution is 5.83. The molecule has 2 aromatic heterocycles. The SMILES string of the molecule is Cc1ccc2[nH]cc(CCNc3nnc(Cc4ccc(F)cc4)c(=O)[nH]3)c2c1. The van der Waals surface area contributed by atoms with Crippen molar-refractivity contribution in [3.8, 4) is 0 Å². The predicted octanol–water partition coefficient (Wildman–Crippen LogP) is 3.34. The third-order valence-electron chi connectivity index (χ3n) is 4.66. The van der Waals surface area contributed by atoms with Crippen LogP contribution in [0.15, 0.2) is 53.5 Å². The Balaban J connectivity index is 1.40. The maximum Gasteiger partial charge on any atom is 0.274 e. The second-order valence-corrected chi connectivity index (χ2v) is 6.79. The summed E-state index contributed by atoms with van der Waals surface area (Å²) in [6.45, 7) is 2.69. The minimum absolute atomic E-state index is 0.296. The molecule has 0 amide bonds. The molecule has 0 fully saturated rings. The molecule has 0 spiro atoms. The van der Waals surface area contributed by atoms with Crippen LogP contribution >= 0.6 is 0 Å². The van der Waals surface area contributed by atoms with Gasteiger partial charge in [0, 0.05) is 30.1 Å². The molecule has 0 saturated heterocycles. The monoisotopic (exact) mass is 377 g/mol. The standard InChI is InChI=1S/C21H20FN5O/c1-13-2-7-18-17(10-13)15(12-24-18)8-9-23-21-25-20(28)19(26-27-21)11-14-3-5-16(22)6-4-14/h2-7,10,12,24H,8-9,11H2,1H3,(H2,23,25,27,28). The summed E-state index contributed by atoms with van der Waals surface area (Å²) >= 11 is 0. The van der Waals surface area contributed by atoms with Crippen molar-refractivity contribution in [2.75, 3.05) is 11.9 Å². The zero-order chi connectivity index (χ0) is 19.5. The van der Waals surface area contributed by atoms with E-state index >= 15 is 0 Å². The minimum atomic E-state index is -0.311. The molecule has 4 aromatic rings. The Morgan fingerprint density at radius 2 is 1.93 bits per heavy atom. The lowest BCUT2D eigenvalue weighted by atomic mass is 10.1. The molecule has 6 nitrogen and oxygen atoms in total. The average Bonchev–Trinajstić information content (AvgIpc) is 3.08. The van der Waals surface area contributed by atoms with Crippen LogP contribution in [0.3, 0.4) is 0 Å². The van der Waals surface area contributed by atoms with Crippen LogP contribution in [0.25, 0.3) is 10.9 Å². The van der Waals surface area contributed by atoms with Gasteiger partial charge in [-0.25, -0.2) is 4.39 Å². The molecule has 142 valence electrons. The second kappa shape index (κ2) is 7.64. The lowest BCUT2D eigenvalue weighted by molar-refractivity contribution is 0.627. The van der Waals surface area contributed by atoms with E-state index in [0.29, 0.717) is 24.6 Å². The Morgan fingerprint density at radius 3 is 2.71 bits per heavy atom.